The van der Waals surface area contributed by atoms with Crippen molar-refractivity contribution in [3.8, 4) is 0 Å². The van der Waals surface area contributed by atoms with E-state index in [9.17, 15) is 13.2 Å². The molecule has 0 amide bonds. The Bertz CT molecular complexity index is 431. The molecule has 20 heavy (non-hydrogen) atoms. The van der Waals surface area contributed by atoms with Gasteiger partial charge in [0.05, 0.1) is 5.92 Å². The van der Waals surface area contributed by atoms with E-state index in [2.05, 4.69) is 15.3 Å². The fourth-order valence-electron chi connectivity index (χ4n) is 2.37. The molecule has 0 aliphatic carbocycles. The van der Waals surface area contributed by atoms with Crippen molar-refractivity contribution >= 4 is 11.6 Å². The highest BCUT2D eigenvalue weighted by atomic mass is 19.4. The molecule has 0 radical (unpaired) electrons. The first-order valence-corrected chi connectivity index (χ1v) is 6.81. The first-order valence-electron chi connectivity index (χ1n) is 6.81. The van der Waals surface area contributed by atoms with E-state index < -0.39 is 12.1 Å². The molecule has 112 valence electrons. The molecule has 1 aliphatic heterocycles. The number of nitrogens with zero attached hydrogens (tertiary/aromatic N) is 3. The number of hydrogen-bond donors (Lipinski definition) is 1. The van der Waals surface area contributed by atoms with Gasteiger partial charge in [-0.15, -0.1) is 0 Å². The molecule has 1 saturated heterocycles. The minimum atomic E-state index is -4.08. The number of anilines is 2. The Kier molecular flexibility index (Phi) is 4.35. The average Bonchev–Trinajstić information content (AvgIpc) is 2.46. The molecule has 0 atom stereocenters. The molecule has 1 aromatic heterocycles. The number of aromatic nitrogens is 2. The Morgan fingerprint density at radius 1 is 1.30 bits per heavy atom. The van der Waals surface area contributed by atoms with E-state index in [1.165, 1.54) is 0 Å². The summed E-state index contributed by atoms with van der Waals surface area (Å²) < 4.78 is 38.0. The number of nitrogens with one attached hydrogen (secondary N) is 1. The smallest absolute Gasteiger partial charge is 0.373 e. The van der Waals surface area contributed by atoms with Crippen LogP contribution in [-0.4, -0.2) is 36.3 Å². The third-order valence-electron chi connectivity index (χ3n) is 3.61. The summed E-state index contributed by atoms with van der Waals surface area (Å²) in [6.07, 6.45) is -3.13. The molecule has 2 heterocycles. The molecule has 4 nitrogen and oxygen atoms in total. The zero-order chi connectivity index (χ0) is 14.8. The van der Waals surface area contributed by atoms with Gasteiger partial charge in [0.1, 0.15) is 17.5 Å². The summed E-state index contributed by atoms with van der Waals surface area (Å²) >= 11 is 0. The molecule has 1 fully saturated rings. The summed E-state index contributed by atoms with van der Waals surface area (Å²) in [6, 6.07) is 1.78. The lowest BCUT2D eigenvalue weighted by Crippen LogP contribution is -2.39. The molecule has 0 spiro atoms. The second-order valence-corrected chi connectivity index (χ2v) is 4.93. The van der Waals surface area contributed by atoms with E-state index in [1.807, 2.05) is 11.8 Å². The number of halogens is 3. The molecule has 1 aliphatic rings. The molecule has 0 unspecified atom stereocenters. The van der Waals surface area contributed by atoms with Gasteiger partial charge < -0.3 is 10.2 Å². The van der Waals surface area contributed by atoms with Crippen LogP contribution < -0.4 is 10.2 Å². The molecule has 0 saturated carbocycles. The molecule has 0 bridgehead atoms. The minimum absolute atomic E-state index is 0.129. The largest absolute Gasteiger partial charge is 0.391 e. The lowest BCUT2D eigenvalue weighted by Gasteiger charge is -2.33. The van der Waals surface area contributed by atoms with Crippen molar-refractivity contribution in [2.24, 2.45) is 5.92 Å². The number of aryl methyl sites for hydroxylation is 1. The van der Waals surface area contributed by atoms with E-state index in [0.29, 0.717) is 37.0 Å². The lowest BCUT2D eigenvalue weighted by molar-refractivity contribution is -0.179. The van der Waals surface area contributed by atoms with Gasteiger partial charge >= 0.3 is 6.18 Å². The Morgan fingerprint density at radius 3 is 2.45 bits per heavy atom. The van der Waals surface area contributed by atoms with Gasteiger partial charge in [-0.2, -0.15) is 13.2 Å². The van der Waals surface area contributed by atoms with Gasteiger partial charge in [0, 0.05) is 32.6 Å². The number of hydrogen-bond acceptors (Lipinski definition) is 4. The van der Waals surface area contributed by atoms with Gasteiger partial charge in [-0.3, -0.25) is 0 Å². The van der Waals surface area contributed by atoms with Gasteiger partial charge in [-0.05, 0) is 12.8 Å². The van der Waals surface area contributed by atoms with Crippen LogP contribution in [0.25, 0.3) is 0 Å². The maximum Gasteiger partial charge on any atom is 0.391 e. The van der Waals surface area contributed by atoms with Crippen LogP contribution in [0, 0.1) is 5.92 Å². The summed E-state index contributed by atoms with van der Waals surface area (Å²) in [7, 11) is 1.77. The molecular formula is C13H19F3N4. The van der Waals surface area contributed by atoms with Crippen LogP contribution in [0.5, 0.6) is 0 Å². The Labute approximate surface area is 116 Å². The third-order valence-corrected chi connectivity index (χ3v) is 3.61. The predicted octanol–water partition coefficient (Wildman–Crippen LogP) is 2.86. The van der Waals surface area contributed by atoms with Gasteiger partial charge in [-0.25, -0.2) is 9.97 Å². The average molecular weight is 288 g/mol. The van der Waals surface area contributed by atoms with E-state index in [4.69, 9.17) is 0 Å². The van der Waals surface area contributed by atoms with Gasteiger partial charge in [-0.1, -0.05) is 6.92 Å². The van der Waals surface area contributed by atoms with E-state index in [1.54, 1.807) is 13.1 Å². The van der Waals surface area contributed by atoms with Crippen LogP contribution in [0.4, 0.5) is 24.8 Å². The normalized spacial score (nSPS) is 17.4. The van der Waals surface area contributed by atoms with Gasteiger partial charge in [0.15, 0.2) is 0 Å². The maximum absolute atomic E-state index is 12.7. The standard InChI is InChI=1S/C13H19F3N4/c1-3-10-18-11(17-2)8-12(19-10)20-6-4-9(5-7-20)13(14,15)16/h8-9H,3-7H2,1-2H3,(H,17,18,19). The highest BCUT2D eigenvalue weighted by molar-refractivity contribution is 5.49. The minimum Gasteiger partial charge on any atom is -0.373 e. The summed E-state index contributed by atoms with van der Waals surface area (Å²) in [5, 5.41) is 2.96. The molecule has 1 aromatic rings. The molecule has 7 heteroatoms. The van der Waals surface area contributed by atoms with Gasteiger partial charge in [0.25, 0.3) is 0 Å². The van der Waals surface area contributed by atoms with Crippen LogP contribution in [0.2, 0.25) is 0 Å². The fraction of sp³-hybridized carbons (Fsp3) is 0.692. The lowest BCUT2D eigenvalue weighted by atomic mass is 9.96. The van der Waals surface area contributed by atoms with Crippen molar-refractivity contribution < 1.29 is 13.2 Å². The van der Waals surface area contributed by atoms with Crippen LogP contribution >= 0.6 is 0 Å². The summed E-state index contributed by atoms with van der Waals surface area (Å²) in [5.74, 6) is 0.923. The van der Waals surface area contributed by atoms with E-state index in [0.717, 1.165) is 0 Å². The van der Waals surface area contributed by atoms with Crippen LogP contribution in [0.3, 0.4) is 0 Å². The second-order valence-electron chi connectivity index (χ2n) is 4.93. The highest BCUT2D eigenvalue weighted by Crippen LogP contribution is 2.35. The van der Waals surface area contributed by atoms with E-state index >= 15 is 0 Å². The second kappa shape index (κ2) is 5.85. The zero-order valence-corrected chi connectivity index (χ0v) is 11.7. The molecule has 1 N–H and O–H groups in total. The van der Waals surface area contributed by atoms with Crippen LogP contribution in [-0.2, 0) is 6.42 Å². The Hall–Kier alpha value is -1.53. The van der Waals surface area contributed by atoms with Crippen molar-refractivity contribution in [2.75, 3.05) is 30.4 Å². The van der Waals surface area contributed by atoms with Crippen molar-refractivity contribution in [2.45, 2.75) is 32.4 Å². The quantitative estimate of drug-likeness (QED) is 0.928. The number of piperidine rings is 1. The van der Waals surface area contributed by atoms with Crippen molar-refractivity contribution in [1.82, 2.24) is 9.97 Å². The van der Waals surface area contributed by atoms with E-state index in [-0.39, 0.29) is 12.8 Å². The monoisotopic (exact) mass is 288 g/mol. The molecule has 2 rings (SSSR count). The topological polar surface area (TPSA) is 41.1 Å². The predicted molar refractivity (Wildman–Crippen MR) is 71.9 cm³/mol. The number of rotatable bonds is 3. The highest BCUT2D eigenvalue weighted by Gasteiger charge is 2.41. The van der Waals surface area contributed by atoms with Crippen molar-refractivity contribution in [3.63, 3.8) is 0 Å². The Balaban J connectivity index is 2.10. The van der Waals surface area contributed by atoms with Crippen molar-refractivity contribution in [1.29, 1.82) is 0 Å². The van der Waals surface area contributed by atoms with Crippen molar-refractivity contribution in [3.05, 3.63) is 11.9 Å². The maximum atomic E-state index is 12.7. The third kappa shape index (κ3) is 3.32. The summed E-state index contributed by atoms with van der Waals surface area (Å²) in [4.78, 5) is 10.6. The van der Waals surface area contributed by atoms with Gasteiger partial charge in [0.2, 0.25) is 0 Å². The van der Waals surface area contributed by atoms with Crippen LogP contribution in [0.1, 0.15) is 25.6 Å². The first kappa shape index (κ1) is 14.9. The molecular weight excluding hydrogens is 269 g/mol. The SMILES string of the molecule is CCc1nc(NC)cc(N2CCC(C(F)(F)F)CC2)n1. The first-order chi connectivity index (χ1) is 9.44. The Morgan fingerprint density at radius 2 is 1.95 bits per heavy atom. The number of alkyl halides is 3. The molecule has 0 aromatic carbocycles. The summed E-state index contributed by atoms with van der Waals surface area (Å²) in [5.41, 5.74) is 0. The summed E-state index contributed by atoms with van der Waals surface area (Å²) in [6.45, 7) is 2.72. The zero-order valence-electron chi connectivity index (χ0n) is 11.7. The fourth-order valence-corrected chi connectivity index (χ4v) is 2.37. The van der Waals surface area contributed by atoms with Crippen LogP contribution in [0.15, 0.2) is 6.07 Å².